The predicted molar refractivity (Wildman–Crippen MR) is 103 cm³/mol. The molecule has 7 heteroatoms. The summed E-state index contributed by atoms with van der Waals surface area (Å²) < 4.78 is 24.1. The van der Waals surface area contributed by atoms with E-state index < -0.39 is 0 Å². The topological polar surface area (TPSA) is 60.5 Å². The SMILES string of the molecule is COc1ccc(-c2nc(C(=O)NCCc3ccccc3F)cs2)cc1OC. The van der Waals surface area contributed by atoms with Gasteiger partial charge in [-0.05, 0) is 36.2 Å². The second-order valence-electron chi connectivity index (χ2n) is 5.70. The van der Waals surface area contributed by atoms with E-state index >= 15 is 0 Å². The molecule has 2 aromatic carbocycles. The van der Waals surface area contributed by atoms with Crippen LogP contribution < -0.4 is 14.8 Å². The number of hydrogen-bond donors (Lipinski definition) is 1. The fourth-order valence-corrected chi connectivity index (χ4v) is 3.38. The largest absolute Gasteiger partial charge is 0.493 e. The Morgan fingerprint density at radius 1 is 1.15 bits per heavy atom. The molecular weight excluding hydrogens is 367 g/mol. The summed E-state index contributed by atoms with van der Waals surface area (Å²) >= 11 is 1.37. The van der Waals surface area contributed by atoms with Crippen molar-refractivity contribution in [2.75, 3.05) is 20.8 Å². The maximum atomic E-state index is 13.6. The number of aromatic nitrogens is 1. The van der Waals surface area contributed by atoms with Gasteiger partial charge in [-0.3, -0.25) is 4.79 Å². The van der Waals surface area contributed by atoms with E-state index in [-0.39, 0.29) is 11.7 Å². The molecule has 0 aliphatic rings. The average molecular weight is 386 g/mol. The van der Waals surface area contributed by atoms with Crippen molar-refractivity contribution in [1.82, 2.24) is 10.3 Å². The minimum atomic E-state index is -0.283. The maximum Gasteiger partial charge on any atom is 0.270 e. The van der Waals surface area contributed by atoms with Crippen LogP contribution in [0.4, 0.5) is 4.39 Å². The van der Waals surface area contributed by atoms with Gasteiger partial charge >= 0.3 is 0 Å². The molecule has 27 heavy (non-hydrogen) atoms. The van der Waals surface area contributed by atoms with Crippen molar-refractivity contribution in [3.8, 4) is 22.1 Å². The van der Waals surface area contributed by atoms with Gasteiger partial charge in [-0.25, -0.2) is 9.37 Å². The lowest BCUT2D eigenvalue weighted by atomic mass is 10.1. The van der Waals surface area contributed by atoms with Crippen LogP contribution in [0.2, 0.25) is 0 Å². The molecule has 3 aromatic rings. The molecular formula is C20H19FN2O3S. The van der Waals surface area contributed by atoms with Crippen LogP contribution in [0.25, 0.3) is 10.6 Å². The standard InChI is InChI=1S/C20H19FN2O3S/c1-25-17-8-7-14(11-18(17)26-2)20-23-16(12-27-20)19(24)22-10-9-13-5-3-4-6-15(13)21/h3-8,11-12H,9-10H2,1-2H3,(H,22,24). The Morgan fingerprint density at radius 3 is 2.67 bits per heavy atom. The Kier molecular flexibility index (Phi) is 6.03. The molecule has 0 bridgehead atoms. The smallest absolute Gasteiger partial charge is 0.270 e. The summed E-state index contributed by atoms with van der Waals surface area (Å²) in [6.45, 7) is 0.336. The third-order valence-electron chi connectivity index (χ3n) is 4.01. The highest BCUT2D eigenvalue weighted by Gasteiger charge is 2.13. The van der Waals surface area contributed by atoms with Crippen molar-refractivity contribution in [2.45, 2.75) is 6.42 Å². The Morgan fingerprint density at radius 2 is 1.93 bits per heavy atom. The zero-order chi connectivity index (χ0) is 19.2. The molecule has 1 amide bonds. The zero-order valence-corrected chi connectivity index (χ0v) is 15.8. The highest BCUT2D eigenvalue weighted by Crippen LogP contribution is 2.33. The van der Waals surface area contributed by atoms with Gasteiger partial charge in [0.2, 0.25) is 0 Å². The van der Waals surface area contributed by atoms with Crippen LogP contribution in [0, 0.1) is 5.82 Å². The van der Waals surface area contributed by atoms with Gasteiger partial charge in [-0.15, -0.1) is 11.3 Å². The first-order valence-corrected chi connectivity index (χ1v) is 9.20. The number of benzene rings is 2. The molecule has 0 aliphatic carbocycles. The first kappa shape index (κ1) is 18.8. The minimum absolute atomic E-state index is 0.267. The van der Waals surface area contributed by atoms with Crippen molar-refractivity contribution in [2.24, 2.45) is 0 Å². The van der Waals surface area contributed by atoms with Crippen molar-refractivity contribution in [1.29, 1.82) is 0 Å². The van der Waals surface area contributed by atoms with E-state index in [0.29, 0.717) is 40.7 Å². The maximum absolute atomic E-state index is 13.6. The Hall–Kier alpha value is -2.93. The summed E-state index contributed by atoms with van der Waals surface area (Å²) in [6, 6.07) is 12.0. The van der Waals surface area contributed by atoms with Crippen LogP contribution in [0.5, 0.6) is 11.5 Å². The van der Waals surface area contributed by atoms with E-state index in [2.05, 4.69) is 10.3 Å². The summed E-state index contributed by atoms with van der Waals surface area (Å²) in [6.07, 6.45) is 0.422. The second kappa shape index (κ2) is 8.64. The molecule has 140 valence electrons. The quantitative estimate of drug-likeness (QED) is 0.668. The normalized spacial score (nSPS) is 10.5. The van der Waals surface area contributed by atoms with E-state index in [1.807, 2.05) is 12.1 Å². The molecule has 5 nitrogen and oxygen atoms in total. The summed E-state index contributed by atoms with van der Waals surface area (Å²) in [5.74, 6) is 0.676. The van der Waals surface area contributed by atoms with Gasteiger partial charge in [0.05, 0.1) is 14.2 Å². The molecule has 0 saturated heterocycles. The summed E-state index contributed by atoms with van der Waals surface area (Å²) in [5.41, 5.74) is 1.74. The van der Waals surface area contributed by atoms with Crippen molar-refractivity contribution < 1.29 is 18.7 Å². The lowest BCUT2D eigenvalue weighted by molar-refractivity contribution is 0.0950. The number of thiazole rings is 1. The number of methoxy groups -OCH3 is 2. The summed E-state index contributed by atoms with van der Waals surface area (Å²) in [7, 11) is 3.14. The van der Waals surface area contributed by atoms with Crippen molar-refractivity contribution in [3.63, 3.8) is 0 Å². The van der Waals surface area contributed by atoms with Crippen LogP contribution in [0.15, 0.2) is 47.8 Å². The lowest BCUT2D eigenvalue weighted by Gasteiger charge is -2.08. The van der Waals surface area contributed by atoms with Gasteiger partial charge < -0.3 is 14.8 Å². The van der Waals surface area contributed by atoms with Crippen LogP contribution in [-0.4, -0.2) is 31.7 Å². The van der Waals surface area contributed by atoms with Crippen LogP contribution in [0.3, 0.4) is 0 Å². The summed E-state index contributed by atoms with van der Waals surface area (Å²) in [4.78, 5) is 16.7. The fraction of sp³-hybridized carbons (Fsp3) is 0.200. The molecule has 0 saturated carbocycles. The van der Waals surface area contributed by atoms with Gasteiger partial charge in [0.1, 0.15) is 16.5 Å². The number of carbonyl (C=O) groups excluding carboxylic acids is 1. The third-order valence-corrected chi connectivity index (χ3v) is 4.90. The molecule has 0 atom stereocenters. The Bertz CT molecular complexity index is 942. The fourth-order valence-electron chi connectivity index (χ4n) is 2.58. The molecule has 1 heterocycles. The highest BCUT2D eigenvalue weighted by atomic mass is 32.1. The predicted octanol–water partition coefficient (Wildman–Crippen LogP) is 3.94. The van der Waals surface area contributed by atoms with Gasteiger partial charge in [0, 0.05) is 17.5 Å². The first-order valence-electron chi connectivity index (χ1n) is 8.32. The van der Waals surface area contributed by atoms with Gasteiger partial charge in [-0.2, -0.15) is 0 Å². The monoisotopic (exact) mass is 386 g/mol. The second-order valence-corrected chi connectivity index (χ2v) is 6.56. The molecule has 0 spiro atoms. The number of amides is 1. The number of halogens is 1. The lowest BCUT2D eigenvalue weighted by Crippen LogP contribution is -2.26. The zero-order valence-electron chi connectivity index (χ0n) is 15.0. The van der Waals surface area contributed by atoms with E-state index in [1.54, 1.807) is 43.9 Å². The van der Waals surface area contributed by atoms with E-state index in [4.69, 9.17) is 9.47 Å². The molecule has 0 unspecified atom stereocenters. The first-order chi connectivity index (χ1) is 13.1. The molecule has 0 fully saturated rings. The van der Waals surface area contributed by atoms with Gasteiger partial charge in [0.25, 0.3) is 5.91 Å². The van der Waals surface area contributed by atoms with Crippen molar-refractivity contribution >= 4 is 17.2 Å². The molecule has 0 aliphatic heterocycles. The number of carbonyl (C=O) groups is 1. The van der Waals surface area contributed by atoms with Crippen LogP contribution in [-0.2, 0) is 6.42 Å². The molecule has 3 rings (SSSR count). The molecule has 0 radical (unpaired) electrons. The third kappa shape index (κ3) is 4.43. The van der Waals surface area contributed by atoms with Crippen LogP contribution >= 0.6 is 11.3 Å². The highest BCUT2D eigenvalue weighted by molar-refractivity contribution is 7.13. The minimum Gasteiger partial charge on any atom is -0.493 e. The van der Waals surface area contributed by atoms with E-state index in [1.165, 1.54) is 17.4 Å². The number of hydrogen-bond acceptors (Lipinski definition) is 5. The number of rotatable bonds is 7. The van der Waals surface area contributed by atoms with Crippen LogP contribution in [0.1, 0.15) is 16.1 Å². The van der Waals surface area contributed by atoms with E-state index in [0.717, 1.165) is 5.56 Å². The van der Waals surface area contributed by atoms with E-state index in [9.17, 15) is 9.18 Å². The Balaban J connectivity index is 1.65. The van der Waals surface area contributed by atoms with Gasteiger partial charge in [-0.1, -0.05) is 18.2 Å². The number of ether oxygens (including phenoxy) is 2. The average Bonchev–Trinajstić information content (AvgIpc) is 3.19. The molecule has 1 N–H and O–H groups in total. The number of nitrogens with one attached hydrogen (secondary N) is 1. The number of nitrogens with zero attached hydrogens (tertiary/aromatic N) is 1. The summed E-state index contributed by atoms with van der Waals surface area (Å²) in [5, 5.41) is 5.18. The van der Waals surface area contributed by atoms with Crippen molar-refractivity contribution in [3.05, 3.63) is 64.9 Å². The Labute approximate surface area is 160 Å². The molecule has 1 aromatic heterocycles. The van der Waals surface area contributed by atoms with Gasteiger partial charge in [0.15, 0.2) is 11.5 Å².